The van der Waals surface area contributed by atoms with Gasteiger partial charge >= 0.3 is 0 Å². The van der Waals surface area contributed by atoms with Crippen LogP contribution in [0.2, 0.25) is 0 Å². The highest BCUT2D eigenvalue weighted by molar-refractivity contribution is 14.0. The van der Waals surface area contributed by atoms with E-state index in [1.807, 2.05) is 31.2 Å². The number of anilines is 2. The van der Waals surface area contributed by atoms with Crippen molar-refractivity contribution in [1.82, 2.24) is 20.2 Å². The third-order valence-corrected chi connectivity index (χ3v) is 5.18. The summed E-state index contributed by atoms with van der Waals surface area (Å²) in [6.07, 6.45) is 4.60. The standard InChI is InChI=1S/C23H35N7O2.HI/c1-4-24-22(28-19-8-9-20(32-5-2)21(18-19)31-3)25-12-7-13-29-14-16-30(17-15-29)23-26-10-6-11-27-23;/h6,8-11,18H,4-5,7,12-17H2,1-3H3,(H2,24,25,28);1H. The SMILES string of the molecule is CCNC(=NCCCN1CCN(c2ncccn2)CC1)Nc1ccc(OCC)c(OC)c1.I. The number of ether oxygens (including phenoxy) is 2. The molecule has 0 radical (unpaired) electrons. The molecule has 0 saturated carbocycles. The highest BCUT2D eigenvalue weighted by Gasteiger charge is 2.18. The van der Waals surface area contributed by atoms with Crippen LogP contribution in [0.15, 0.2) is 41.7 Å². The Morgan fingerprint density at radius 3 is 2.52 bits per heavy atom. The van der Waals surface area contributed by atoms with Gasteiger partial charge in [-0.1, -0.05) is 0 Å². The number of aliphatic imine (C=N–C) groups is 1. The minimum Gasteiger partial charge on any atom is -0.493 e. The van der Waals surface area contributed by atoms with E-state index in [-0.39, 0.29) is 24.0 Å². The Bertz CT molecular complexity index is 846. The molecule has 2 N–H and O–H groups in total. The molecule has 0 bridgehead atoms. The molecular formula is C23H36IN7O2. The number of aromatic nitrogens is 2. The van der Waals surface area contributed by atoms with Crippen molar-refractivity contribution in [2.24, 2.45) is 4.99 Å². The Morgan fingerprint density at radius 2 is 1.85 bits per heavy atom. The lowest BCUT2D eigenvalue weighted by atomic mass is 10.2. The predicted molar refractivity (Wildman–Crippen MR) is 144 cm³/mol. The minimum absolute atomic E-state index is 0. The van der Waals surface area contributed by atoms with Crippen molar-refractivity contribution in [2.45, 2.75) is 20.3 Å². The summed E-state index contributed by atoms with van der Waals surface area (Å²) in [7, 11) is 1.65. The van der Waals surface area contributed by atoms with Gasteiger partial charge in [-0.2, -0.15) is 0 Å². The van der Waals surface area contributed by atoms with Gasteiger partial charge in [0.15, 0.2) is 17.5 Å². The van der Waals surface area contributed by atoms with Crippen LogP contribution in [0, 0.1) is 0 Å². The van der Waals surface area contributed by atoms with Gasteiger partial charge in [0.1, 0.15) is 0 Å². The lowest BCUT2D eigenvalue weighted by Gasteiger charge is -2.34. The molecule has 1 aromatic carbocycles. The van der Waals surface area contributed by atoms with Crippen LogP contribution < -0.4 is 25.0 Å². The minimum atomic E-state index is 0. The molecule has 2 heterocycles. The van der Waals surface area contributed by atoms with Gasteiger partial charge in [0, 0.05) is 70.0 Å². The quantitative estimate of drug-likeness (QED) is 0.196. The fourth-order valence-electron chi connectivity index (χ4n) is 3.58. The second-order valence-corrected chi connectivity index (χ2v) is 7.42. The average molecular weight is 569 g/mol. The van der Waals surface area contributed by atoms with Crippen molar-refractivity contribution in [3.63, 3.8) is 0 Å². The monoisotopic (exact) mass is 569 g/mol. The van der Waals surface area contributed by atoms with Gasteiger partial charge in [-0.05, 0) is 38.5 Å². The maximum absolute atomic E-state index is 5.59. The summed E-state index contributed by atoms with van der Waals surface area (Å²) in [5.41, 5.74) is 0.907. The molecule has 1 saturated heterocycles. The van der Waals surface area contributed by atoms with Crippen LogP contribution in [0.5, 0.6) is 11.5 Å². The molecule has 1 fully saturated rings. The van der Waals surface area contributed by atoms with Crippen LogP contribution in [0.1, 0.15) is 20.3 Å². The number of methoxy groups -OCH3 is 1. The number of benzene rings is 1. The van der Waals surface area contributed by atoms with Crippen LogP contribution in [0.3, 0.4) is 0 Å². The molecule has 0 unspecified atom stereocenters. The van der Waals surface area contributed by atoms with E-state index in [2.05, 4.69) is 37.3 Å². The summed E-state index contributed by atoms with van der Waals surface area (Å²) in [6.45, 7) is 11.2. The molecule has 0 aliphatic carbocycles. The summed E-state index contributed by atoms with van der Waals surface area (Å²) in [6, 6.07) is 7.65. The number of guanidine groups is 1. The molecule has 0 amide bonds. The second kappa shape index (κ2) is 14.7. The highest BCUT2D eigenvalue weighted by Crippen LogP contribution is 2.30. The normalized spacial score (nSPS) is 14.4. The number of nitrogens with zero attached hydrogens (tertiary/aromatic N) is 5. The second-order valence-electron chi connectivity index (χ2n) is 7.42. The van der Waals surface area contributed by atoms with E-state index in [4.69, 9.17) is 14.5 Å². The number of hydrogen-bond donors (Lipinski definition) is 2. The van der Waals surface area contributed by atoms with Gasteiger partial charge in [-0.15, -0.1) is 24.0 Å². The van der Waals surface area contributed by atoms with Crippen LogP contribution >= 0.6 is 24.0 Å². The maximum atomic E-state index is 5.59. The first-order valence-electron chi connectivity index (χ1n) is 11.3. The molecule has 182 valence electrons. The van der Waals surface area contributed by atoms with E-state index in [1.165, 1.54) is 0 Å². The van der Waals surface area contributed by atoms with Crippen molar-refractivity contribution in [1.29, 1.82) is 0 Å². The van der Waals surface area contributed by atoms with Crippen LogP contribution in [-0.2, 0) is 0 Å². The van der Waals surface area contributed by atoms with E-state index in [9.17, 15) is 0 Å². The van der Waals surface area contributed by atoms with E-state index < -0.39 is 0 Å². The topological polar surface area (TPSA) is 87.1 Å². The van der Waals surface area contributed by atoms with Crippen molar-refractivity contribution in [3.05, 3.63) is 36.7 Å². The van der Waals surface area contributed by atoms with Gasteiger partial charge in [0.25, 0.3) is 0 Å². The number of piperazine rings is 1. The maximum Gasteiger partial charge on any atom is 0.225 e. The number of rotatable bonds is 10. The Morgan fingerprint density at radius 1 is 1.09 bits per heavy atom. The number of hydrogen-bond acceptors (Lipinski definition) is 7. The molecule has 1 aromatic heterocycles. The van der Waals surface area contributed by atoms with Gasteiger partial charge in [0.2, 0.25) is 5.95 Å². The fraction of sp³-hybridized carbons (Fsp3) is 0.522. The molecule has 1 aliphatic rings. The van der Waals surface area contributed by atoms with E-state index in [0.29, 0.717) is 12.4 Å². The first-order chi connectivity index (χ1) is 15.7. The Kier molecular flexibility index (Phi) is 12.0. The number of nitrogens with one attached hydrogen (secondary N) is 2. The van der Waals surface area contributed by atoms with Gasteiger partial charge in [-0.3, -0.25) is 9.89 Å². The molecule has 1 aliphatic heterocycles. The summed E-state index contributed by atoms with van der Waals surface area (Å²) < 4.78 is 11.0. The van der Waals surface area contributed by atoms with Gasteiger partial charge in [0.05, 0.1) is 13.7 Å². The molecule has 3 rings (SSSR count). The van der Waals surface area contributed by atoms with Crippen molar-refractivity contribution < 1.29 is 9.47 Å². The van der Waals surface area contributed by atoms with Gasteiger partial charge < -0.3 is 25.0 Å². The summed E-state index contributed by atoms with van der Waals surface area (Å²) >= 11 is 0. The van der Waals surface area contributed by atoms with Gasteiger partial charge in [-0.25, -0.2) is 9.97 Å². The lowest BCUT2D eigenvalue weighted by molar-refractivity contribution is 0.255. The van der Waals surface area contributed by atoms with E-state index in [0.717, 1.165) is 75.6 Å². The first-order valence-corrected chi connectivity index (χ1v) is 11.3. The predicted octanol–water partition coefficient (Wildman–Crippen LogP) is 3.09. The summed E-state index contributed by atoms with van der Waals surface area (Å²) in [5, 5.41) is 6.66. The molecular weight excluding hydrogens is 533 g/mol. The summed E-state index contributed by atoms with van der Waals surface area (Å²) in [4.78, 5) is 18.2. The van der Waals surface area contributed by atoms with Crippen LogP contribution in [0.25, 0.3) is 0 Å². The third kappa shape index (κ3) is 8.50. The third-order valence-electron chi connectivity index (χ3n) is 5.18. The van der Waals surface area contributed by atoms with E-state index >= 15 is 0 Å². The molecule has 9 nitrogen and oxygen atoms in total. The zero-order valence-corrected chi connectivity index (χ0v) is 22.1. The van der Waals surface area contributed by atoms with Crippen molar-refractivity contribution in [2.75, 3.05) is 69.7 Å². The van der Waals surface area contributed by atoms with Crippen molar-refractivity contribution >= 4 is 41.6 Å². The largest absolute Gasteiger partial charge is 0.493 e. The first kappa shape index (κ1) is 26.9. The van der Waals surface area contributed by atoms with Crippen molar-refractivity contribution in [3.8, 4) is 11.5 Å². The zero-order valence-electron chi connectivity index (χ0n) is 19.8. The Labute approximate surface area is 214 Å². The Balaban J connectivity index is 0.00000385. The average Bonchev–Trinajstić information content (AvgIpc) is 2.84. The smallest absolute Gasteiger partial charge is 0.225 e. The lowest BCUT2D eigenvalue weighted by Crippen LogP contribution is -2.47. The highest BCUT2D eigenvalue weighted by atomic mass is 127. The Hall–Kier alpha value is -2.34. The molecule has 33 heavy (non-hydrogen) atoms. The zero-order chi connectivity index (χ0) is 22.6. The van der Waals surface area contributed by atoms with Crippen LogP contribution in [-0.4, -0.2) is 80.4 Å². The molecule has 2 aromatic rings. The molecule has 0 atom stereocenters. The van der Waals surface area contributed by atoms with E-state index in [1.54, 1.807) is 19.5 Å². The summed E-state index contributed by atoms with van der Waals surface area (Å²) in [5.74, 6) is 3.03. The molecule has 10 heteroatoms. The number of halogens is 1. The fourth-order valence-corrected chi connectivity index (χ4v) is 3.58. The van der Waals surface area contributed by atoms with Crippen LogP contribution in [0.4, 0.5) is 11.6 Å². The molecule has 0 spiro atoms.